The van der Waals surface area contributed by atoms with Crippen molar-refractivity contribution >= 4 is 26.8 Å². The van der Waals surface area contributed by atoms with Crippen LogP contribution in [0.1, 0.15) is 22.9 Å². The van der Waals surface area contributed by atoms with E-state index < -0.39 is 6.10 Å². The highest BCUT2D eigenvalue weighted by molar-refractivity contribution is 9.10. The topological polar surface area (TPSA) is 33.1 Å². The largest absolute Gasteiger partial charge is 0.382 e. The molecule has 0 aliphatic rings. The summed E-state index contributed by atoms with van der Waals surface area (Å²) in [5.74, 6) is 0. The van der Waals surface area contributed by atoms with E-state index in [-0.39, 0.29) is 0 Å². The highest BCUT2D eigenvalue weighted by Crippen LogP contribution is 2.31. The molecule has 0 bridgehead atoms. The molecule has 0 fully saturated rings. The van der Waals surface area contributed by atoms with Crippen molar-refractivity contribution in [2.45, 2.75) is 13.0 Å². The van der Waals surface area contributed by atoms with E-state index in [4.69, 9.17) is 0 Å². The minimum atomic E-state index is -0.727. The van der Waals surface area contributed by atoms with Crippen LogP contribution in [0.5, 0.6) is 0 Å². The predicted octanol–water partition coefficient (Wildman–Crippen LogP) is 4.39. The molecule has 3 aromatic rings. The molecule has 3 heteroatoms. The molecule has 2 aromatic carbocycles. The van der Waals surface area contributed by atoms with Gasteiger partial charge in [-0.3, -0.25) is 0 Å². The average molecular weight is 328 g/mol. The van der Waals surface area contributed by atoms with E-state index in [9.17, 15) is 5.11 Å². The molecule has 0 saturated carbocycles. The van der Waals surface area contributed by atoms with Crippen LogP contribution in [0.3, 0.4) is 0 Å². The van der Waals surface area contributed by atoms with Crippen molar-refractivity contribution in [1.82, 2.24) is 4.98 Å². The van der Waals surface area contributed by atoms with Gasteiger partial charge in [-0.2, -0.15) is 0 Å². The Balaban J connectivity index is 2.14. The van der Waals surface area contributed by atoms with Crippen molar-refractivity contribution < 1.29 is 5.11 Å². The van der Waals surface area contributed by atoms with Crippen LogP contribution in [0.4, 0.5) is 0 Å². The van der Waals surface area contributed by atoms with Crippen LogP contribution in [-0.4, -0.2) is 10.1 Å². The van der Waals surface area contributed by atoms with E-state index in [0.29, 0.717) is 5.69 Å². The lowest BCUT2D eigenvalue weighted by Crippen LogP contribution is -2.05. The summed E-state index contributed by atoms with van der Waals surface area (Å²) in [4.78, 5) is 4.60. The number of hydrogen-bond donors (Lipinski definition) is 1. The van der Waals surface area contributed by atoms with Gasteiger partial charge >= 0.3 is 0 Å². The van der Waals surface area contributed by atoms with Crippen molar-refractivity contribution in [2.75, 3.05) is 0 Å². The third-order valence-corrected chi connectivity index (χ3v) is 4.08. The van der Waals surface area contributed by atoms with Crippen molar-refractivity contribution in [3.05, 3.63) is 75.9 Å². The summed E-state index contributed by atoms with van der Waals surface area (Å²) in [6.45, 7) is 1.99. The first-order valence-corrected chi connectivity index (χ1v) is 7.25. The van der Waals surface area contributed by atoms with E-state index in [0.717, 1.165) is 26.5 Å². The molecule has 1 unspecified atom stereocenters. The predicted molar refractivity (Wildman–Crippen MR) is 84.7 cm³/mol. The summed E-state index contributed by atoms with van der Waals surface area (Å²) in [7, 11) is 0. The SMILES string of the molecule is Cc1ccccc1C(O)c1nc2ccccc2cc1Br. The Labute approximate surface area is 126 Å². The second-order valence-corrected chi connectivity index (χ2v) is 5.66. The number of hydrogen-bond acceptors (Lipinski definition) is 2. The van der Waals surface area contributed by atoms with Crippen LogP contribution < -0.4 is 0 Å². The van der Waals surface area contributed by atoms with E-state index in [1.54, 1.807) is 0 Å². The van der Waals surface area contributed by atoms with Crippen molar-refractivity contribution in [3.8, 4) is 0 Å². The van der Waals surface area contributed by atoms with Gasteiger partial charge in [0.2, 0.25) is 0 Å². The molecule has 3 rings (SSSR count). The molecule has 2 nitrogen and oxygen atoms in total. The average Bonchev–Trinajstić information content (AvgIpc) is 2.46. The highest BCUT2D eigenvalue weighted by atomic mass is 79.9. The molecule has 20 heavy (non-hydrogen) atoms. The van der Waals surface area contributed by atoms with Crippen molar-refractivity contribution in [2.24, 2.45) is 0 Å². The number of rotatable bonds is 2. The van der Waals surface area contributed by atoms with Gasteiger partial charge in [0.1, 0.15) is 6.10 Å². The van der Waals surface area contributed by atoms with Crippen LogP contribution in [-0.2, 0) is 0 Å². The molecule has 1 aromatic heterocycles. The van der Waals surface area contributed by atoms with Crippen LogP contribution in [0, 0.1) is 6.92 Å². The number of halogens is 1. The first-order chi connectivity index (χ1) is 9.66. The number of pyridine rings is 1. The maximum atomic E-state index is 10.6. The zero-order chi connectivity index (χ0) is 14.1. The van der Waals surface area contributed by atoms with Gasteiger partial charge in [0.15, 0.2) is 0 Å². The van der Waals surface area contributed by atoms with Gasteiger partial charge in [-0.15, -0.1) is 0 Å². The molecule has 0 aliphatic carbocycles. The van der Waals surface area contributed by atoms with Gasteiger partial charge in [-0.05, 0) is 46.1 Å². The first kappa shape index (κ1) is 13.3. The summed E-state index contributed by atoms with van der Waals surface area (Å²) in [6, 6.07) is 17.7. The zero-order valence-electron chi connectivity index (χ0n) is 11.0. The minimum Gasteiger partial charge on any atom is -0.382 e. The zero-order valence-corrected chi connectivity index (χ0v) is 12.6. The molecule has 0 spiro atoms. The lowest BCUT2D eigenvalue weighted by atomic mass is 10.0. The quantitative estimate of drug-likeness (QED) is 0.757. The van der Waals surface area contributed by atoms with Gasteiger partial charge in [0.05, 0.1) is 11.2 Å². The maximum absolute atomic E-state index is 10.6. The second-order valence-electron chi connectivity index (χ2n) is 4.81. The normalized spacial score (nSPS) is 12.6. The summed E-state index contributed by atoms with van der Waals surface area (Å²) >= 11 is 3.52. The Kier molecular flexibility index (Phi) is 3.55. The summed E-state index contributed by atoms with van der Waals surface area (Å²) in [6.07, 6.45) is -0.727. The molecule has 0 aliphatic heterocycles. The van der Waals surface area contributed by atoms with Gasteiger partial charge in [0, 0.05) is 9.86 Å². The summed E-state index contributed by atoms with van der Waals surface area (Å²) < 4.78 is 0.826. The number of aliphatic hydroxyl groups excluding tert-OH is 1. The fourth-order valence-corrected chi connectivity index (χ4v) is 2.89. The molecule has 1 N–H and O–H groups in total. The Hall–Kier alpha value is -1.71. The van der Waals surface area contributed by atoms with Gasteiger partial charge in [-0.25, -0.2) is 4.98 Å². The van der Waals surface area contributed by atoms with E-state index in [1.807, 2.05) is 61.5 Å². The van der Waals surface area contributed by atoms with Crippen LogP contribution >= 0.6 is 15.9 Å². The van der Waals surface area contributed by atoms with Gasteiger partial charge in [-0.1, -0.05) is 42.5 Å². The van der Waals surface area contributed by atoms with Crippen LogP contribution in [0.25, 0.3) is 10.9 Å². The molecular formula is C17H14BrNO. The lowest BCUT2D eigenvalue weighted by Gasteiger charge is -2.15. The second kappa shape index (κ2) is 5.35. The molecule has 0 saturated heterocycles. The Morgan fingerprint density at radius 2 is 1.75 bits per heavy atom. The van der Waals surface area contributed by atoms with Gasteiger partial charge < -0.3 is 5.11 Å². The number of fused-ring (bicyclic) bond motifs is 1. The molecule has 100 valence electrons. The Bertz CT molecular complexity index is 770. The summed E-state index contributed by atoms with van der Waals surface area (Å²) in [5.41, 5.74) is 3.48. The fourth-order valence-electron chi connectivity index (χ4n) is 2.34. The number of aliphatic hydroxyl groups is 1. The maximum Gasteiger partial charge on any atom is 0.122 e. The van der Waals surface area contributed by atoms with E-state index in [2.05, 4.69) is 20.9 Å². The molecule has 1 heterocycles. The molecule has 0 radical (unpaired) electrons. The summed E-state index contributed by atoms with van der Waals surface area (Å²) in [5, 5.41) is 11.7. The smallest absolute Gasteiger partial charge is 0.122 e. The van der Waals surface area contributed by atoms with Crippen molar-refractivity contribution in [1.29, 1.82) is 0 Å². The van der Waals surface area contributed by atoms with E-state index in [1.165, 1.54) is 0 Å². The highest BCUT2D eigenvalue weighted by Gasteiger charge is 2.17. The lowest BCUT2D eigenvalue weighted by molar-refractivity contribution is 0.214. The third kappa shape index (κ3) is 2.35. The van der Waals surface area contributed by atoms with Gasteiger partial charge in [0.25, 0.3) is 0 Å². The Morgan fingerprint density at radius 1 is 1.05 bits per heavy atom. The third-order valence-electron chi connectivity index (χ3n) is 3.45. The first-order valence-electron chi connectivity index (χ1n) is 6.45. The van der Waals surface area contributed by atoms with Crippen molar-refractivity contribution in [3.63, 3.8) is 0 Å². The monoisotopic (exact) mass is 327 g/mol. The molecular weight excluding hydrogens is 314 g/mol. The Morgan fingerprint density at radius 3 is 2.55 bits per heavy atom. The number of benzene rings is 2. The molecule has 0 amide bonds. The standard InChI is InChI=1S/C17H14BrNO/c1-11-6-2-4-8-13(11)17(20)16-14(18)10-12-7-3-5-9-15(12)19-16/h2-10,17,20H,1H3. The van der Waals surface area contributed by atoms with E-state index >= 15 is 0 Å². The number of nitrogens with zero attached hydrogens (tertiary/aromatic N) is 1. The van der Waals surface area contributed by atoms with Crippen LogP contribution in [0.15, 0.2) is 59.1 Å². The minimum absolute atomic E-state index is 0.651. The fraction of sp³-hybridized carbons (Fsp3) is 0.118. The number of aromatic nitrogens is 1. The molecule has 1 atom stereocenters. The number of para-hydroxylation sites is 1. The number of aryl methyl sites for hydroxylation is 1. The van der Waals surface area contributed by atoms with Crippen LogP contribution in [0.2, 0.25) is 0 Å².